The summed E-state index contributed by atoms with van der Waals surface area (Å²) in [5, 5.41) is 8.07. The Hall–Kier alpha value is -1.01. The van der Waals surface area contributed by atoms with E-state index in [1.165, 1.54) is 6.33 Å². The molecule has 1 atom stereocenters. The summed E-state index contributed by atoms with van der Waals surface area (Å²) in [6, 6.07) is 0.333. The molecule has 2 rings (SSSR count). The van der Waals surface area contributed by atoms with Crippen LogP contribution in [0.25, 0.3) is 5.78 Å². The molecular formula is C11H16ClN5S. The number of nitrogens with zero attached hydrogens (tertiary/aromatic N) is 4. The molecular weight excluding hydrogens is 270 g/mol. The maximum atomic E-state index is 6.10. The molecule has 98 valence electrons. The minimum Gasteiger partial charge on any atom is -0.366 e. The molecule has 0 spiro atoms. The molecule has 0 radical (unpaired) electrons. The first-order valence-corrected chi connectivity index (χ1v) is 7.36. The van der Waals surface area contributed by atoms with Crippen molar-refractivity contribution in [1.29, 1.82) is 0 Å². The largest absolute Gasteiger partial charge is 0.366 e. The number of hydrogen-bond acceptors (Lipinski definition) is 5. The first-order valence-electron chi connectivity index (χ1n) is 5.83. The van der Waals surface area contributed by atoms with Crippen LogP contribution in [0.15, 0.2) is 6.33 Å². The Morgan fingerprint density at radius 1 is 1.56 bits per heavy atom. The number of rotatable bonds is 5. The van der Waals surface area contributed by atoms with E-state index >= 15 is 0 Å². The molecule has 0 fully saturated rings. The summed E-state index contributed by atoms with van der Waals surface area (Å²) < 4.78 is 1.69. The van der Waals surface area contributed by atoms with Gasteiger partial charge in [-0.05, 0) is 19.6 Å². The van der Waals surface area contributed by atoms with Crippen molar-refractivity contribution in [2.75, 3.05) is 16.8 Å². The van der Waals surface area contributed by atoms with Crippen molar-refractivity contribution in [2.45, 2.75) is 26.8 Å². The van der Waals surface area contributed by atoms with E-state index in [0.29, 0.717) is 17.0 Å². The Kier molecular flexibility index (Phi) is 4.29. The quantitative estimate of drug-likeness (QED) is 0.856. The third kappa shape index (κ3) is 2.70. The van der Waals surface area contributed by atoms with Crippen molar-refractivity contribution < 1.29 is 0 Å². The highest BCUT2D eigenvalue weighted by Crippen LogP contribution is 2.23. The molecule has 7 heteroatoms. The smallest absolute Gasteiger partial charge is 0.255 e. The van der Waals surface area contributed by atoms with Gasteiger partial charge in [-0.15, -0.1) is 0 Å². The van der Waals surface area contributed by atoms with Crippen LogP contribution in [0.4, 0.5) is 5.82 Å². The average molecular weight is 286 g/mol. The van der Waals surface area contributed by atoms with E-state index in [1.54, 1.807) is 4.52 Å². The van der Waals surface area contributed by atoms with Crippen LogP contribution >= 0.6 is 23.4 Å². The number of halogens is 1. The number of nitrogens with one attached hydrogen (secondary N) is 1. The maximum absolute atomic E-state index is 6.10. The van der Waals surface area contributed by atoms with E-state index in [-0.39, 0.29) is 0 Å². The van der Waals surface area contributed by atoms with Gasteiger partial charge in [-0.3, -0.25) is 0 Å². The van der Waals surface area contributed by atoms with Gasteiger partial charge in [-0.1, -0.05) is 18.5 Å². The van der Waals surface area contributed by atoms with Crippen LogP contribution in [0.3, 0.4) is 0 Å². The van der Waals surface area contributed by atoms with Crippen LogP contribution in [0.2, 0.25) is 5.15 Å². The second kappa shape index (κ2) is 5.75. The molecule has 2 aromatic heterocycles. The lowest BCUT2D eigenvalue weighted by Gasteiger charge is -2.17. The molecule has 2 heterocycles. The van der Waals surface area contributed by atoms with Gasteiger partial charge in [0.05, 0.1) is 0 Å². The highest BCUT2D eigenvalue weighted by atomic mass is 35.5. The third-order valence-corrected chi connectivity index (χ3v) is 4.07. The first-order chi connectivity index (χ1) is 8.63. The summed E-state index contributed by atoms with van der Waals surface area (Å²) in [5.41, 5.74) is 0.892. The molecule has 18 heavy (non-hydrogen) atoms. The van der Waals surface area contributed by atoms with E-state index in [2.05, 4.69) is 34.2 Å². The van der Waals surface area contributed by atoms with Crippen LogP contribution < -0.4 is 5.32 Å². The molecule has 1 N–H and O–H groups in total. The zero-order valence-electron chi connectivity index (χ0n) is 10.6. The van der Waals surface area contributed by atoms with E-state index in [9.17, 15) is 0 Å². The molecule has 0 amide bonds. The van der Waals surface area contributed by atoms with Gasteiger partial charge < -0.3 is 5.32 Å². The fraction of sp³-hybridized carbons (Fsp3) is 0.545. The maximum Gasteiger partial charge on any atom is 0.255 e. The Morgan fingerprint density at radius 2 is 2.33 bits per heavy atom. The second-order valence-corrected chi connectivity index (χ2v) is 5.73. The van der Waals surface area contributed by atoms with E-state index in [4.69, 9.17) is 11.6 Å². The Morgan fingerprint density at radius 3 is 3.06 bits per heavy atom. The van der Waals surface area contributed by atoms with Gasteiger partial charge in [-0.25, -0.2) is 0 Å². The predicted octanol–water partition coefficient (Wildman–Crippen LogP) is 2.64. The van der Waals surface area contributed by atoms with Crippen LogP contribution in [-0.2, 0) is 0 Å². The lowest BCUT2D eigenvalue weighted by atomic mass is 10.3. The van der Waals surface area contributed by atoms with Gasteiger partial charge >= 0.3 is 0 Å². The van der Waals surface area contributed by atoms with Gasteiger partial charge in [-0.2, -0.15) is 31.3 Å². The summed E-state index contributed by atoms with van der Waals surface area (Å²) in [7, 11) is 0. The molecule has 1 unspecified atom stereocenters. The molecule has 0 saturated heterocycles. The van der Waals surface area contributed by atoms with E-state index < -0.39 is 0 Å². The number of thioether (sulfide) groups is 1. The molecule has 2 aromatic rings. The standard InChI is InChI=1S/C11H16ClN5S/c1-4-18-5-7(2)15-10-8(3)9(12)16-11-13-6-14-17(10)11/h6-7,15H,4-5H2,1-3H3. The SMILES string of the molecule is CCSCC(C)Nc1c(C)c(Cl)nc2ncnn12. The van der Waals surface area contributed by atoms with Crippen molar-refractivity contribution in [1.82, 2.24) is 19.6 Å². The van der Waals surface area contributed by atoms with Gasteiger partial charge in [0.1, 0.15) is 17.3 Å². The molecule has 0 saturated carbocycles. The monoisotopic (exact) mass is 285 g/mol. The average Bonchev–Trinajstić information content (AvgIpc) is 2.80. The third-order valence-electron chi connectivity index (χ3n) is 2.56. The van der Waals surface area contributed by atoms with Crippen LogP contribution in [0, 0.1) is 6.92 Å². The second-order valence-electron chi connectivity index (χ2n) is 4.05. The minimum absolute atomic E-state index is 0.333. The summed E-state index contributed by atoms with van der Waals surface area (Å²) >= 11 is 8.00. The highest BCUT2D eigenvalue weighted by molar-refractivity contribution is 7.99. The highest BCUT2D eigenvalue weighted by Gasteiger charge is 2.13. The molecule has 0 aliphatic carbocycles. The Bertz CT molecular complexity index is 541. The molecule has 0 aliphatic rings. The normalized spacial score (nSPS) is 12.9. The van der Waals surface area contributed by atoms with E-state index in [1.807, 2.05) is 18.7 Å². The fourth-order valence-corrected chi connectivity index (χ4v) is 2.47. The van der Waals surface area contributed by atoms with Gasteiger partial charge in [0, 0.05) is 17.4 Å². The number of aromatic nitrogens is 4. The van der Waals surface area contributed by atoms with Crippen LogP contribution in [-0.4, -0.2) is 37.1 Å². The number of hydrogen-bond donors (Lipinski definition) is 1. The van der Waals surface area contributed by atoms with Crippen molar-refractivity contribution in [3.8, 4) is 0 Å². The number of anilines is 1. The minimum atomic E-state index is 0.333. The summed E-state index contributed by atoms with van der Waals surface area (Å²) in [6.45, 7) is 6.22. The molecule has 0 aromatic carbocycles. The molecule has 5 nitrogen and oxygen atoms in total. The lowest BCUT2D eigenvalue weighted by Crippen LogP contribution is -2.21. The Balaban J connectivity index is 2.31. The van der Waals surface area contributed by atoms with Gasteiger partial charge in [0.15, 0.2) is 0 Å². The molecule has 0 aliphatic heterocycles. The topological polar surface area (TPSA) is 55.1 Å². The van der Waals surface area contributed by atoms with E-state index in [0.717, 1.165) is 22.9 Å². The fourth-order valence-electron chi connectivity index (χ4n) is 1.64. The first kappa shape index (κ1) is 13.4. The summed E-state index contributed by atoms with van der Waals surface area (Å²) in [5.74, 6) is 3.53. The molecule has 0 bridgehead atoms. The number of fused-ring (bicyclic) bond motifs is 1. The lowest BCUT2D eigenvalue weighted by molar-refractivity contribution is 0.852. The predicted molar refractivity (Wildman–Crippen MR) is 76.6 cm³/mol. The van der Waals surface area contributed by atoms with Gasteiger partial charge in [0.2, 0.25) is 0 Å². The van der Waals surface area contributed by atoms with Gasteiger partial charge in [0.25, 0.3) is 5.78 Å². The van der Waals surface area contributed by atoms with Crippen molar-refractivity contribution in [2.24, 2.45) is 0 Å². The van der Waals surface area contributed by atoms with Crippen molar-refractivity contribution >= 4 is 35.0 Å². The van der Waals surface area contributed by atoms with Crippen molar-refractivity contribution in [3.05, 3.63) is 17.0 Å². The Labute approximate surface area is 115 Å². The summed E-state index contributed by atoms with van der Waals surface area (Å²) in [4.78, 5) is 8.24. The zero-order chi connectivity index (χ0) is 13.1. The van der Waals surface area contributed by atoms with Crippen LogP contribution in [0.5, 0.6) is 0 Å². The van der Waals surface area contributed by atoms with Crippen molar-refractivity contribution in [3.63, 3.8) is 0 Å². The zero-order valence-corrected chi connectivity index (χ0v) is 12.2. The van der Waals surface area contributed by atoms with Crippen LogP contribution in [0.1, 0.15) is 19.4 Å². The summed E-state index contributed by atoms with van der Waals surface area (Å²) in [6.07, 6.45) is 1.48.